The van der Waals surface area contributed by atoms with Gasteiger partial charge in [-0.25, -0.2) is 0 Å². The molecule has 1 nitrogen and oxygen atoms in total. The van der Waals surface area contributed by atoms with Crippen LogP contribution in [0, 0.1) is 11.8 Å². The molecular formula is C35H67OS+. The topological polar surface area (TPSA) is 17.1 Å². The molecule has 0 spiro atoms. The van der Waals surface area contributed by atoms with Gasteiger partial charge >= 0.3 is 0 Å². The second kappa shape index (κ2) is 20.9. The van der Waals surface area contributed by atoms with Gasteiger partial charge in [0.15, 0.2) is 10.5 Å². The van der Waals surface area contributed by atoms with E-state index in [4.69, 9.17) is 0 Å². The molecule has 0 aromatic carbocycles. The minimum absolute atomic E-state index is 0.0110. The third-order valence-electron chi connectivity index (χ3n) is 9.88. The monoisotopic (exact) mass is 535 g/mol. The van der Waals surface area contributed by atoms with E-state index in [9.17, 15) is 4.79 Å². The quantitative estimate of drug-likeness (QED) is 0.0939. The summed E-state index contributed by atoms with van der Waals surface area (Å²) in [5.74, 6) is 4.55. The van der Waals surface area contributed by atoms with Gasteiger partial charge in [-0.1, -0.05) is 129 Å². The van der Waals surface area contributed by atoms with Gasteiger partial charge in [0.05, 0.1) is 0 Å². The van der Waals surface area contributed by atoms with Crippen LogP contribution in [0.2, 0.25) is 0 Å². The van der Waals surface area contributed by atoms with E-state index in [0.29, 0.717) is 22.6 Å². The van der Waals surface area contributed by atoms with Crippen molar-refractivity contribution >= 4 is 16.7 Å². The lowest BCUT2D eigenvalue weighted by molar-refractivity contribution is -0.130. The molecule has 0 aromatic heterocycles. The van der Waals surface area contributed by atoms with E-state index in [2.05, 4.69) is 20.8 Å². The molecule has 3 atom stereocenters. The fraction of sp³-hybridized carbons (Fsp3) is 0.971. The van der Waals surface area contributed by atoms with Crippen LogP contribution in [-0.2, 0) is 15.7 Å². The van der Waals surface area contributed by atoms with E-state index < -0.39 is 0 Å². The predicted octanol–water partition coefficient (Wildman–Crippen LogP) is 11.4. The van der Waals surface area contributed by atoms with Crippen LogP contribution in [-0.4, -0.2) is 22.0 Å². The molecule has 2 aliphatic carbocycles. The molecule has 0 aliphatic heterocycles. The molecule has 2 aliphatic rings. The normalized spacial score (nSPS) is 24.1. The molecule has 2 saturated carbocycles. The Kier molecular flexibility index (Phi) is 18.7. The Morgan fingerprint density at radius 1 is 0.595 bits per heavy atom. The average molecular weight is 536 g/mol. The molecule has 2 heteroatoms. The number of unbranched alkanes of at least 4 members (excludes halogenated alkanes) is 18. The first-order chi connectivity index (χ1) is 18.1. The van der Waals surface area contributed by atoms with Gasteiger partial charge in [0.25, 0.3) is 0 Å². The first-order valence-corrected chi connectivity index (χ1v) is 18.9. The number of hydrogen-bond acceptors (Lipinski definition) is 1. The highest BCUT2D eigenvalue weighted by Gasteiger charge is 2.55. The van der Waals surface area contributed by atoms with Crippen LogP contribution < -0.4 is 0 Å². The van der Waals surface area contributed by atoms with Gasteiger partial charge in [-0.15, -0.1) is 0 Å². The van der Waals surface area contributed by atoms with E-state index in [1.807, 2.05) is 0 Å². The van der Waals surface area contributed by atoms with Crippen LogP contribution in [0.3, 0.4) is 0 Å². The van der Waals surface area contributed by atoms with Gasteiger partial charge in [-0.3, -0.25) is 4.79 Å². The van der Waals surface area contributed by atoms with Gasteiger partial charge in [0.2, 0.25) is 0 Å². The fourth-order valence-electron chi connectivity index (χ4n) is 7.24. The summed E-state index contributed by atoms with van der Waals surface area (Å²) in [7, 11) is 0.303. The van der Waals surface area contributed by atoms with Crippen molar-refractivity contribution in [1.82, 2.24) is 0 Å². The predicted molar refractivity (Wildman–Crippen MR) is 169 cm³/mol. The molecule has 0 saturated heterocycles. The van der Waals surface area contributed by atoms with E-state index in [1.54, 1.807) is 0 Å². The van der Waals surface area contributed by atoms with Gasteiger partial charge in [0.1, 0.15) is 11.5 Å². The minimum atomic E-state index is 0.0110. The molecule has 218 valence electrons. The van der Waals surface area contributed by atoms with Crippen molar-refractivity contribution in [2.45, 2.75) is 192 Å². The van der Waals surface area contributed by atoms with Gasteiger partial charge in [-0.05, 0) is 57.8 Å². The second-order valence-electron chi connectivity index (χ2n) is 13.0. The summed E-state index contributed by atoms with van der Waals surface area (Å²) in [6.45, 7) is 7.04. The van der Waals surface area contributed by atoms with Crippen molar-refractivity contribution in [3.05, 3.63) is 0 Å². The summed E-state index contributed by atoms with van der Waals surface area (Å²) in [6, 6.07) is 0. The van der Waals surface area contributed by atoms with E-state index in [0.717, 1.165) is 5.92 Å². The number of carbonyl (C=O) groups excluding carboxylic acids is 1. The lowest BCUT2D eigenvalue weighted by atomic mass is 9.67. The first-order valence-electron chi connectivity index (χ1n) is 17.4. The summed E-state index contributed by atoms with van der Waals surface area (Å²) in [5.41, 5.74) is 0. The maximum absolute atomic E-state index is 13.9. The Morgan fingerprint density at radius 3 is 1.46 bits per heavy atom. The van der Waals surface area contributed by atoms with Crippen LogP contribution in [0.25, 0.3) is 0 Å². The van der Waals surface area contributed by atoms with Crippen LogP contribution in [0.15, 0.2) is 0 Å². The molecule has 0 bridgehead atoms. The number of Topliss-reactive ketones (excluding diaryl/α,β-unsaturated/α-hetero) is 1. The van der Waals surface area contributed by atoms with Crippen molar-refractivity contribution in [1.29, 1.82) is 0 Å². The zero-order valence-electron chi connectivity index (χ0n) is 25.8. The third-order valence-corrected chi connectivity index (χ3v) is 13.1. The Hall–Kier alpha value is 0.0200. The van der Waals surface area contributed by atoms with E-state index >= 15 is 0 Å². The molecule has 0 N–H and O–H groups in total. The Labute approximate surface area is 236 Å². The van der Waals surface area contributed by atoms with Gasteiger partial charge in [-0.2, -0.15) is 0 Å². The number of ketones is 1. The molecule has 0 aromatic rings. The van der Waals surface area contributed by atoms with Gasteiger partial charge < -0.3 is 0 Å². The maximum atomic E-state index is 13.9. The SMILES string of the molecule is CCCCCCCCCCCC[S+](CCCCCCCCCCCC)C1(C)CCC2CCCCC2C1=O. The maximum Gasteiger partial charge on any atom is 0.190 e. The number of rotatable bonds is 23. The molecular weight excluding hydrogens is 468 g/mol. The zero-order chi connectivity index (χ0) is 26.6. The summed E-state index contributed by atoms with van der Waals surface area (Å²) >= 11 is 0. The van der Waals surface area contributed by atoms with Crippen LogP contribution >= 0.6 is 0 Å². The van der Waals surface area contributed by atoms with Crippen molar-refractivity contribution in [2.75, 3.05) is 11.5 Å². The van der Waals surface area contributed by atoms with Crippen molar-refractivity contribution < 1.29 is 4.79 Å². The summed E-state index contributed by atoms with van der Waals surface area (Å²) in [5, 5.41) is 0. The Morgan fingerprint density at radius 2 is 1.00 bits per heavy atom. The summed E-state index contributed by atoms with van der Waals surface area (Å²) < 4.78 is 0.0110. The van der Waals surface area contributed by atoms with E-state index in [1.165, 1.54) is 178 Å². The summed E-state index contributed by atoms with van der Waals surface area (Å²) in [4.78, 5) is 13.9. The molecule has 3 unspecified atom stereocenters. The molecule has 0 radical (unpaired) electrons. The van der Waals surface area contributed by atoms with Crippen LogP contribution in [0.5, 0.6) is 0 Å². The lowest BCUT2D eigenvalue weighted by Crippen LogP contribution is -2.54. The number of fused-ring (bicyclic) bond motifs is 1. The standard InChI is InChI=1S/C35H67OS/c1-4-6-8-10-12-14-16-18-20-24-30-37(31-25-21-19-17-15-13-11-9-7-5-2)35(3)29-28-32-26-22-23-27-33(32)34(35)36/h32-33H,4-31H2,1-3H3/q+1. The second-order valence-corrected chi connectivity index (χ2v) is 15.8. The Balaban J connectivity index is 1.73. The average Bonchev–Trinajstić information content (AvgIpc) is 2.91. The molecule has 2 fully saturated rings. The van der Waals surface area contributed by atoms with Crippen molar-refractivity contribution in [2.24, 2.45) is 11.8 Å². The lowest BCUT2D eigenvalue weighted by Gasteiger charge is -2.42. The Bertz CT molecular complexity index is 535. The molecule has 37 heavy (non-hydrogen) atoms. The first kappa shape index (κ1) is 33.2. The van der Waals surface area contributed by atoms with Crippen LogP contribution in [0.4, 0.5) is 0 Å². The highest BCUT2D eigenvalue weighted by molar-refractivity contribution is 7.98. The molecule has 2 rings (SSSR count). The third kappa shape index (κ3) is 12.8. The zero-order valence-corrected chi connectivity index (χ0v) is 26.6. The highest BCUT2D eigenvalue weighted by Crippen LogP contribution is 2.46. The number of carbonyl (C=O) groups is 1. The molecule has 0 amide bonds. The van der Waals surface area contributed by atoms with Crippen molar-refractivity contribution in [3.8, 4) is 0 Å². The fourth-order valence-corrected chi connectivity index (χ4v) is 10.3. The molecule has 0 heterocycles. The highest BCUT2D eigenvalue weighted by atomic mass is 32.2. The smallest absolute Gasteiger partial charge is 0.190 e. The van der Waals surface area contributed by atoms with Crippen LogP contribution in [0.1, 0.15) is 188 Å². The largest absolute Gasteiger partial charge is 0.293 e. The number of hydrogen-bond donors (Lipinski definition) is 0. The van der Waals surface area contributed by atoms with Gasteiger partial charge in [0, 0.05) is 23.2 Å². The summed E-state index contributed by atoms with van der Waals surface area (Å²) in [6.07, 6.45) is 36.0. The minimum Gasteiger partial charge on any atom is -0.293 e. The van der Waals surface area contributed by atoms with E-state index in [-0.39, 0.29) is 4.75 Å². The van der Waals surface area contributed by atoms with Crippen molar-refractivity contribution in [3.63, 3.8) is 0 Å².